The van der Waals surface area contributed by atoms with Crippen molar-refractivity contribution in [3.05, 3.63) is 35.9 Å². The van der Waals surface area contributed by atoms with Gasteiger partial charge in [-0.1, -0.05) is 30.3 Å². The molecule has 0 aliphatic carbocycles. The lowest BCUT2D eigenvalue weighted by molar-refractivity contribution is -0.122. The van der Waals surface area contributed by atoms with Crippen LogP contribution in [-0.4, -0.2) is 44.0 Å². The first kappa shape index (κ1) is 13.8. The Balaban J connectivity index is 1.61. The second kappa shape index (κ2) is 6.06. The van der Waals surface area contributed by atoms with E-state index >= 15 is 0 Å². The van der Waals surface area contributed by atoms with Crippen molar-refractivity contribution in [2.75, 3.05) is 32.8 Å². The van der Waals surface area contributed by atoms with Gasteiger partial charge in [-0.2, -0.15) is 0 Å². The molecule has 2 aliphatic rings. The van der Waals surface area contributed by atoms with E-state index in [0.717, 1.165) is 45.7 Å². The molecule has 1 unspecified atom stereocenters. The molecule has 2 aliphatic heterocycles. The summed E-state index contributed by atoms with van der Waals surface area (Å²) in [5, 5.41) is 0. The zero-order valence-corrected chi connectivity index (χ0v) is 12.0. The summed E-state index contributed by atoms with van der Waals surface area (Å²) in [6.45, 7) is 4.56. The first-order valence-corrected chi connectivity index (χ1v) is 7.63. The van der Waals surface area contributed by atoms with Gasteiger partial charge in [0, 0.05) is 31.7 Å². The van der Waals surface area contributed by atoms with Crippen LogP contribution in [-0.2, 0) is 9.53 Å². The Hall–Kier alpha value is -1.19. The lowest BCUT2D eigenvalue weighted by atomic mass is 9.81. The van der Waals surface area contributed by atoms with Crippen molar-refractivity contribution in [2.45, 2.75) is 25.2 Å². The highest BCUT2D eigenvalue weighted by Crippen LogP contribution is 2.33. The van der Waals surface area contributed by atoms with E-state index < -0.39 is 0 Å². The molecule has 2 heterocycles. The number of rotatable bonds is 4. The summed E-state index contributed by atoms with van der Waals surface area (Å²) < 4.78 is 5.40. The lowest BCUT2D eigenvalue weighted by Gasteiger charge is -2.35. The van der Waals surface area contributed by atoms with E-state index in [1.807, 2.05) is 0 Å². The van der Waals surface area contributed by atoms with Crippen molar-refractivity contribution < 1.29 is 9.53 Å². The Labute approximate surface area is 120 Å². The molecule has 0 bridgehead atoms. The van der Waals surface area contributed by atoms with Gasteiger partial charge in [0.15, 0.2) is 0 Å². The third-order valence-corrected chi connectivity index (χ3v) is 4.82. The molecule has 3 rings (SSSR count). The van der Waals surface area contributed by atoms with Gasteiger partial charge in [0.1, 0.15) is 6.29 Å². The number of aldehydes is 1. The molecule has 0 aromatic heterocycles. The van der Waals surface area contributed by atoms with Crippen molar-refractivity contribution in [1.82, 2.24) is 4.90 Å². The number of carbonyl (C=O) groups is 1. The van der Waals surface area contributed by atoms with Gasteiger partial charge in [0.25, 0.3) is 0 Å². The van der Waals surface area contributed by atoms with Crippen molar-refractivity contribution >= 4 is 6.29 Å². The molecule has 1 atom stereocenters. The Kier molecular flexibility index (Phi) is 4.18. The molecule has 1 aromatic carbocycles. The van der Waals surface area contributed by atoms with Crippen LogP contribution in [0.25, 0.3) is 0 Å². The monoisotopic (exact) mass is 273 g/mol. The van der Waals surface area contributed by atoms with Gasteiger partial charge in [0.2, 0.25) is 0 Å². The number of carbonyl (C=O) groups excluding carboxylic acids is 1. The molecule has 20 heavy (non-hydrogen) atoms. The molecule has 0 spiro atoms. The van der Waals surface area contributed by atoms with Crippen LogP contribution in [0.4, 0.5) is 0 Å². The van der Waals surface area contributed by atoms with E-state index in [9.17, 15) is 4.79 Å². The predicted octanol–water partition coefficient (Wildman–Crippen LogP) is 2.47. The molecule has 2 saturated heterocycles. The maximum absolute atomic E-state index is 11.5. The molecule has 108 valence electrons. The average molecular weight is 273 g/mol. The third kappa shape index (κ3) is 2.94. The summed E-state index contributed by atoms with van der Waals surface area (Å²) >= 11 is 0. The summed E-state index contributed by atoms with van der Waals surface area (Å²) in [7, 11) is 0. The van der Waals surface area contributed by atoms with E-state index in [1.54, 1.807) is 0 Å². The normalized spacial score (nSPS) is 26.5. The van der Waals surface area contributed by atoms with Crippen LogP contribution in [0, 0.1) is 5.41 Å². The van der Waals surface area contributed by atoms with Crippen LogP contribution in [0.3, 0.4) is 0 Å². The minimum atomic E-state index is -0.163. The first-order valence-electron chi connectivity index (χ1n) is 7.63. The molecule has 2 fully saturated rings. The molecule has 3 nitrogen and oxygen atoms in total. The van der Waals surface area contributed by atoms with Crippen molar-refractivity contribution in [3.8, 4) is 0 Å². The Bertz CT molecular complexity index is 440. The zero-order chi connectivity index (χ0) is 13.8. The molecule has 1 aromatic rings. The Morgan fingerprint density at radius 3 is 2.70 bits per heavy atom. The maximum Gasteiger partial charge on any atom is 0.127 e. The number of likely N-dealkylation sites (tertiary alicyclic amines) is 1. The Morgan fingerprint density at radius 1 is 1.25 bits per heavy atom. The number of ether oxygens (including phenoxy) is 1. The standard InChI is InChI=1S/C17H23NO2/c19-14-17(7-10-20-11-8-17)13-18-9-6-16(12-18)15-4-2-1-3-5-15/h1-5,14,16H,6-13H2. The second-order valence-electron chi connectivity index (χ2n) is 6.22. The molecular weight excluding hydrogens is 250 g/mol. The van der Waals surface area contributed by atoms with Gasteiger partial charge in [-0.05, 0) is 37.3 Å². The molecule has 3 heteroatoms. The van der Waals surface area contributed by atoms with Crippen LogP contribution >= 0.6 is 0 Å². The van der Waals surface area contributed by atoms with E-state index in [-0.39, 0.29) is 5.41 Å². The van der Waals surface area contributed by atoms with Crippen LogP contribution in [0.15, 0.2) is 30.3 Å². The number of benzene rings is 1. The van der Waals surface area contributed by atoms with Crippen molar-refractivity contribution in [3.63, 3.8) is 0 Å². The van der Waals surface area contributed by atoms with Gasteiger partial charge in [0.05, 0.1) is 0 Å². The summed E-state index contributed by atoms with van der Waals surface area (Å²) in [6, 6.07) is 10.7. The van der Waals surface area contributed by atoms with E-state index in [1.165, 1.54) is 18.3 Å². The van der Waals surface area contributed by atoms with Crippen LogP contribution in [0.2, 0.25) is 0 Å². The molecule has 0 N–H and O–H groups in total. The fraction of sp³-hybridized carbons (Fsp3) is 0.588. The fourth-order valence-electron chi connectivity index (χ4n) is 3.51. The maximum atomic E-state index is 11.5. The van der Waals surface area contributed by atoms with Crippen molar-refractivity contribution in [2.24, 2.45) is 5.41 Å². The quantitative estimate of drug-likeness (QED) is 0.789. The van der Waals surface area contributed by atoms with Crippen LogP contribution in [0.5, 0.6) is 0 Å². The topological polar surface area (TPSA) is 29.5 Å². The highest BCUT2D eigenvalue weighted by Gasteiger charge is 2.36. The average Bonchev–Trinajstić information content (AvgIpc) is 2.97. The van der Waals surface area contributed by atoms with Gasteiger partial charge < -0.3 is 14.4 Å². The minimum absolute atomic E-state index is 0.163. The predicted molar refractivity (Wildman–Crippen MR) is 78.8 cm³/mol. The summed E-state index contributed by atoms with van der Waals surface area (Å²) in [5.41, 5.74) is 1.27. The number of hydrogen-bond donors (Lipinski definition) is 0. The van der Waals surface area contributed by atoms with Gasteiger partial charge >= 0.3 is 0 Å². The van der Waals surface area contributed by atoms with Crippen LogP contribution in [0.1, 0.15) is 30.7 Å². The number of hydrogen-bond acceptors (Lipinski definition) is 3. The molecular formula is C17H23NO2. The minimum Gasteiger partial charge on any atom is -0.381 e. The highest BCUT2D eigenvalue weighted by atomic mass is 16.5. The lowest BCUT2D eigenvalue weighted by Crippen LogP contribution is -2.41. The smallest absolute Gasteiger partial charge is 0.127 e. The Morgan fingerprint density at radius 2 is 2.00 bits per heavy atom. The SMILES string of the molecule is O=CC1(CN2CCC(c3ccccc3)C2)CCOCC1. The van der Waals surface area contributed by atoms with Gasteiger partial charge in [-0.3, -0.25) is 0 Å². The summed E-state index contributed by atoms with van der Waals surface area (Å²) in [4.78, 5) is 14.0. The van der Waals surface area contributed by atoms with E-state index in [2.05, 4.69) is 35.2 Å². The second-order valence-corrected chi connectivity index (χ2v) is 6.22. The number of nitrogens with zero attached hydrogens (tertiary/aromatic N) is 1. The van der Waals surface area contributed by atoms with E-state index in [4.69, 9.17) is 4.74 Å². The van der Waals surface area contributed by atoms with Gasteiger partial charge in [-0.15, -0.1) is 0 Å². The zero-order valence-electron chi connectivity index (χ0n) is 12.0. The largest absolute Gasteiger partial charge is 0.381 e. The molecule has 0 amide bonds. The summed E-state index contributed by atoms with van der Waals surface area (Å²) in [5.74, 6) is 0.625. The highest BCUT2D eigenvalue weighted by molar-refractivity contribution is 5.60. The molecule has 0 saturated carbocycles. The van der Waals surface area contributed by atoms with E-state index in [0.29, 0.717) is 5.92 Å². The summed E-state index contributed by atoms with van der Waals surface area (Å²) in [6.07, 6.45) is 4.15. The fourth-order valence-corrected chi connectivity index (χ4v) is 3.51. The van der Waals surface area contributed by atoms with Crippen LogP contribution < -0.4 is 0 Å². The molecule has 0 radical (unpaired) electrons. The first-order chi connectivity index (χ1) is 9.81. The van der Waals surface area contributed by atoms with Crippen molar-refractivity contribution in [1.29, 1.82) is 0 Å². The van der Waals surface area contributed by atoms with Gasteiger partial charge in [-0.25, -0.2) is 0 Å². The third-order valence-electron chi connectivity index (χ3n) is 4.82.